The largest absolute Gasteiger partial charge is 0.497 e. The van der Waals surface area contributed by atoms with Gasteiger partial charge in [-0.25, -0.2) is 0 Å². The van der Waals surface area contributed by atoms with Crippen LogP contribution in [0.4, 0.5) is 14.5 Å². The minimum atomic E-state index is -2.85. The van der Waals surface area contributed by atoms with E-state index in [0.717, 1.165) is 4.88 Å². The molecule has 3 nitrogen and oxygen atoms in total. The molecule has 0 saturated carbocycles. The lowest BCUT2D eigenvalue weighted by molar-refractivity contribution is -0.0493. The molecular formula is C14H15F2NO2S. The molecule has 0 aliphatic rings. The van der Waals surface area contributed by atoms with E-state index in [2.05, 4.69) is 10.1 Å². The number of benzene rings is 1. The molecule has 2 aromatic rings. The molecule has 6 heteroatoms. The molecule has 108 valence electrons. The molecule has 0 radical (unpaired) electrons. The lowest BCUT2D eigenvalue weighted by Crippen LogP contribution is -2.06. The predicted octanol–water partition coefficient (Wildman–Crippen LogP) is 4.28. The first-order valence-electron chi connectivity index (χ1n) is 6.00. The molecule has 1 aromatic carbocycles. The average molecular weight is 299 g/mol. The third-order valence-corrected chi connectivity index (χ3v) is 3.65. The van der Waals surface area contributed by atoms with Crippen molar-refractivity contribution in [3.05, 3.63) is 40.1 Å². The number of thiophene rings is 1. The average Bonchev–Trinajstić information content (AvgIpc) is 2.83. The van der Waals surface area contributed by atoms with E-state index in [0.29, 0.717) is 18.0 Å². The van der Waals surface area contributed by atoms with Gasteiger partial charge < -0.3 is 14.8 Å². The molecule has 0 bridgehead atoms. The Balaban J connectivity index is 2.14. The number of hydrogen-bond donors (Lipinski definition) is 1. The molecule has 1 aromatic heterocycles. The summed E-state index contributed by atoms with van der Waals surface area (Å²) in [4.78, 5) is 2.32. The zero-order valence-electron chi connectivity index (χ0n) is 11.2. The van der Waals surface area contributed by atoms with Gasteiger partial charge in [0.15, 0.2) is 0 Å². The smallest absolute Gasteiger partial charge is 0.387 e. The van der Waals surface area contributed by atoms with Crippen molar-refractivity contribution in [2.45, 2.75) is 20.1 Å². The summed E-state index contributed by atoms with van der Waals surface area (Å²) < 4.78 is 34.3. The maximum absolute atomic E-state index is 12.4. The minimum Gasteiger partial charge on any atom is -0.497 e. The molecule has 0 saturated heterocycles. The van der Waals surface area contributed by atoms with E-state index in [9.17, 15) is 8.78 Å². The van der Waals surface area contributed by atoms with Crippen molar-refractivity contribution in [1.29, 1.82) is 0 Å². The number of aryl methyl sites for hydroxylation is 1. The Morgan fingerprint density at radius 2 is 2.05 bits per heavy atom. The number of anilines is 1. The molecule has 0 unspecified atom stereocenters. The Labute approximate surface area is 120 Å². The van der Waals surface area contributed by atoms with Crippen LogP contribution in [0.5, 0.6) is 11.5 Å². The van der Waals surface area contributed by atoms with Gasteiger partial charge in [-0.1, -0.05) is 0 Å². The summed E-state index contributed by atoms with van der Waals surface area (Å²) in [5.74, 6) is 0.686. The van der Waals surface area contributed by atoms with Crippen molar-refractivity contribution in [2.75, 3.05) is 12.4 Å². The van der Waals surface area contributed by atoms with Crippen LogP contribution in [0.25, 0.3) is 0 Å². The summed E-state index contributed by atoms with van der Waals surface area (Å²) >= 11 is 1.65. The highest BCUT2D eigenvalue weighted by atomic mass is 32.1. The Kier molecular flexibility index (Phi) is 4.79. The normalized spacial score (nSPS) is 10.7. The lowest BCUT2D eigenvalue weighted by atomic mass is 10.2. The second-order valence-corrected chi connectivity index (χ2v) is 5.48. The zero-order chi connectivity index (χ0) is 14.5. The van der Waals surface area contributed by atoms with Crippen LogP contribution >= 0.6 is 11.3 Å². The van der Waals surface area contributed by atoms with Crippen molar-refractivity contribution in [3.8, 4) is 11.5 Å². The summed E-state index contributed by atoms with van der Waals surface area (Å²) in [7, 11) is 1.52. The summed E-state index contributed by atoms with van der Waals surface area (Å²) in [6.07, 6.45) is 0. The topological polar surface area (TPSA) is 30.5 Å². The van der Waals surface area contributed by atoms with Gasteiger partial charge in [-0.15, -0.1) is 11.3 Å². The fourth-order valence-electron chi connectivity index (χ4n) is 1.74. The number of hydrogen-bond acceptors (Lipinski definition) is 4. The number of alkyl halides is 2. The Morgan fingerprint density at radius 3 is 2.65 bits per heavy atom. The van der Waals surface area contributed by atoms with E-state index >= 15 is 0 Å². The van der Waals surface area contributed by atoms with Gasteiger partial charge in [0.2, 0.25) is 0 Å². The third-order valence-electron chi connectivity index (χ3n) is 2.65. The van der Waals surface area contributed by atoms with E-state index in [1.165, 1.54) is 18.1 Å². The molecule has 0 aliphatic heterocycles. The van der Waals surface area contributed by atoms with Crippen molar-refractivity contribution in [3.63, 3.8) is 0 Å². The summed E-state index contributed by atoms with van der Waals surface area (Å²) in [5.41, 5.74) is 0.482. The molecule has 2 rings (SSSR count). The Bertz CT molecular complexity index is 572. The van der Waals surface area contributed by atoms with E-state index in [1.54, 1.807) is 23.5 Å². The number of rotatable bonds is 6. The Morgan fingerprint density at radius 1 is 1.25 bits per heavy atom. The van der Waals surface area contributed by atoms with Gasteiger partial charge in [0.05, 0.1) is 12.8 Å². The predicted molar refractivity (Wildman–Crippen MR) is 76.0 cm³/mol. The molecule has 0 aliphatic carbocycles. The quantitative estimate of drug-likeness (QED) is 0.863. The highest BCUT2D eigenvalue weighted by Crippen LogP contribution is 2.31. The van der Waals surface area contributed by atoms with Crippen LogP contribution < -0.4 is 14.8 Å². The first kappa shape index (κ1) is 14.6. The summed E-state index contributed by atoms with van der Waals surface area (Å²) in [6.45, 7) is -0.288. The molecule has 0 amide bonds. The summed E-state index contributed by atoms with van der Waals surface area (Å²) in [5, 5.41) is 3.10. The van der Waals surface area contributed by atoms with Gasteiger partial charge >= 0.3 is 6.61 Å². The van der Waals surface area contributed by atoms with E-state index in [-0.39, 0.29) is 5.75 Å². The number of nitrogens with one attached hydrogen (secondary N) is 1. The van der Waals surface area contributed by atoms with Crippen LogP contribution in [0.3, 0.4) is 0 Å². The second-order valence-electron chi connectivity index (χ2n) is 4.11. The van der Waals surface area contributed by atoms with E-state index in [1.807, 2.05) is 19.1 Å². The fourth-order valence-corrected chi connectivity index (χ4v) is 2.57. The monoisotopic (exact) mass is 299 g/mol. The molecule has 0 spiro atoms. The number of methoxy groups -OCH3 is 1. The highest BCUT2D eigenvalue weighted by Gasteiger charge is 2.11. The lowest BCUT2D eigenvalue weighted by Gasteiger charge is -2.13. The molecule has 1 heterocycles. The first-order chi connectivity index (χ1) is 9.58. The SMILES string of the molecule is COc1ccc(OC(F)F)c(NCc2ccc(C)s2)c1. The maximum atomic E-state index is 12.4. The van der Waals surface area contributed by atoms with Gasteiger partial charge in [-0.2, -0.15) is 8.78 Å². The first-order valence-corrected chi connectivity index (χ1v) is 6.82. The van der Waals surface area contributed by atoms with Gasteiger partial charge in [0.25, 0.3) is 0 Å². The fraction of sp³-hybridized carbons (Fsp3) is 0.286. The zero-order valence-corrected chi connectivity index (χ0v) is 12.0. The van der Waals surface area contributed by atoms with Gasteiger partial charge in [0.1, 0.15) is 11.5 Å². The minimum absolute atomic E-state index is 0.106. The molecule has 20 heavy (non-hydrogen) atoms. The standard InChI is InChI=1S/C14H15F2NO2S/c1-9-3-5-11(20-9)8-17-12-7-10(18-2)4-6-13(12)19-14(15)16/h3-7,14,17H,8H2,1-2H3. The molecule has 1 N–H and O–H groups in total. The van der Waals surface area contributed by atoms with Gasteiger partial charge in [0, 0.05) is 22.4 Å². The maximum Gasteiger partial charge on any atom is 0.387 e. The van der Waals surface area contributed by atoms with Crippen molar-refractivity contribution in [1.82, 2.24) is 0 Å². The van der Waals surface area contributed by atoms with Crippen LogP contribution in [-0.4, -0.2) is 13.7 Å². The molecular weight excluding hydrogens is 284 g/mol. The molecule has 0 atom stereocenters. The summed E-state index contributed by atoms with van der Waals surface area (Å²) in [6, 6.07) is 8.70. The van der Waals surface area contributed by atoms with Crippen LogP contribution in [0.1, 0.15) is 9.75 Å². The van der Waals surface area contributed by atoms with E-state index in [4.69, 9.17) is 4.74 Å². The van der Waals surface area contributed by atoms with Crippen molar-refractivity contribution < 1.29 is 18.3 Å². The van der Waals surface area contributed by atoms with Gasteiger partial charge in [-0.05, 0) is 31.2 Å². The third kappa shape index (κ3) is 3.84. The highest BCUT2D eigenvalue weighted by molar-refractivity contribution is 7.11. The molecule has 0 fully saturated rings. The number of halogens is 2. The van der Waals surface area contributed by atoms with Crippen LogP contribution in [-0.2, 0) is 6.54 Å². The van der Waals surface area contributed by atoms with Gasteiger partial charge in [-0.3, -0.25) is 0 Å². The van der Waals surface area contributed by atoms with Crippen LogP contribution in [0.15, 0.2) is 30.3 Å². The number of ether oxygens (including phenoxy) is 2. The van der Waals surface area contributed by atoms with Crippen LogP contribution in [0.2, 0.25) is 0 Å². The van der Waals surface area contributed by atoms with Crippen molar-refractivity contribution in [2.24, 2.45) is 0 Å². The second kappa shape index (κ2) is 6.56. The van der Waals surface area contributed by atoms with Crippen LogP contribution in [0, 0.1) is 6.92 Å². The van der Waals surface area contributed by atoms with Crippen molar-refractivity contribution >= 4 is 17.0 Å². The van der Waals surface area contributed by atoms with E-state index < -0.39 is 6.61 Å². The Hall–Kier alpha value is -1.82.